The van der Waals surface area contributed by atoms with Crippen LogP contribution in [-0.2, 0) is 19.5 Å². The van der Waals surface area contributed by atoms with Crippen molar-refractivity contribution in [2.75, 3.05) is 20.8 Å². The van der Waals surface area contributed by atoms with Gasteiger partial charge in [0, 0.05) is 13.7 Å². The standard InChI is InChI=1S/C12H17NO6S/c1-8(18-2)7-13-20(16,17)9-4-5-11(14)10(6-9)12(15)19-3/h4-6,8,13-14H,7H2,1-3H3. The molecule has 0 fully saturated rings. The fourth-order valence-electron chi connectivity index (χ4n) is 1.35. The highest BCUT2D eigenvalue weighted by Crippen LogP contribution is 2.22. The molecule has 0 heterocycles. The lowest BCUT2D eigenvalue weighted by atomic mass is 10.2. The van der Waals surface area contributed by atoms with Gasteiger partial charge in [0.1, 0.15) is 11.3 Å². The van der Waals surface area contributed by atoms with E-state index in [1.54, 1.807) is 6.92 Å². The number of carbonyl (C=O) groups excluding carboxylic acids is 1. The molecule has 0 spiro atoms. The molecule has 2 N–H and O–H groups in total. The van der Waals surface area contributed by atoms with Crippen molar-refractivity contribution < 1.29 is 27.8 Å². The number of esters is 1. The van der Waals surface area contributed by atoms with Gasteiger partial charge in [0.2, 0.25) is 10.0 Å². The molecule has 0 bridgehead atoms. The molecule has 0 aliphatic carbocycles. The topological polar surface area (TPSA) is 102 Å². The first kappa shape index (κ1) is 16.4. The van der Waals surface area contributed by atoms with E-state index < -0.39 is 16.0 Å². The predicted octanol–water partition coefficient (Wildman–Crippen LogP) is 0.492. The van der Waals surface area contributed by atoms with Gasteiger partial charge < -0.3 is 14.6 Å². The summed E-state index contributed by atoms with van der Waals surface area (Å²) in [4.78, 5) is 11.3. The number of hydrogen-bond acceptors (Lipinski definition) is 6. The van der Waals surface area contributed by atoms with Crippen molar-refractivity contribution in [1.29, 1.82) is 0 Å². The fourth-order valence-corrected chi connectivity index (χ4v) is 2.49. The molecule has 20 heavy (non-hydrogen) atoms. The average molecular weight is 303 g/mol. The van der Waals surface area contributed by atoms with E-state index in [4.69, 9.17) is 4.74 Å². The molecule has 0 aliphatic rings. The van der Waals surface area contributed by atoms with Crippen LogP contribution in [0.5, 0.6) is 5.75 Å². The van der Waals surface area contributed by atoms with E-state index in [1.165, 1.54) is 13.2 Å². The van der Waals surface area contributed by atoms with Gasteiger partial charge in [-0.05, 0) is 25.1 Å². The van der Waals surface area contributed by atoms with Crippen molar-refractivity contribution in [2.24, 2.45) is 0 Å². The Morgan fingerprint density at radius 2 is 2.05 bits per heavy atom. The van der Waals surface area contributed by atoms with E-state index in [1.807, 2.05) is 0 Å². The number of carbonyl (C=O) groups is 1. The minimum absolute atomic E-state index is 0.0905. The van der Waals surface area contributed by atoms with Crippen molar-refractivity contribution >= 4 is 16.0 Å². The van der Waals surface area contributed by atoms with Crippen LogP contribution in [-0.4, -0.2) is 46.4 Å². The lowest BCUT2D eigenvalue weighted by Crippen LogP contribution is -2.31. The normalized spacial score (nSPS) is 12.9. The molecule has 0 radical (unpaired) electrons. The van der Waals surface area contributed by atoms with Crippen molar-refractivity contribution in [3.8, 4) is 5.75 Å². The molecule has 8 heteroatoms. The van der Waals surface area contributed by atoms with Gasteiger partial charge in [0.05, 0.1) is 18.1 Å². The Morgan fingerprint density at radius 3 is 2.60 bits per heavy atom. The SMILES string of the molecule is COC(=O)c1cc(S(=O)(=O)NCC(C)OC)ccc1O. The van der Waals surface area contributed by atoms with Crippen molar-refractivity contribution in [2.45, 2.75) is 17.9 Å². The number of rotatable bonds is 6. The van der Waals surface area contributed by atoms with Crippen LogP contribution in [0, 0.1) is 0 Å². The van der Waals surface area contributed by atoms with Crippen LogP contribution in [0.4, 0.5) is 0 Å². The van der Waals surface area contributed by atoms with Crippen molar-refractivity contribution in [3.05, 3.63) is 23.8 Å². The van der Waals surface area contributed by atoms with Crippen molar-refractivity contribution in [3.63, 3.8) is 0 Å². The number of phenols is 1. The molecule has 0 aromatic heterocycles. The summed E-state index contributed by atoms with van der Waals surface area (Å²) in [5.74, 6) is -1.16. The number of aromatic hydroxyl groups is 1. The summed E-state index contributed by atoms with van der Waals surface area (Å²) in [5.41, 5.74) is -0.213. The second-order valence-corrected chi connectivity index (χ2v) is 5.84. The van der Waals surface area contributed by atoms with Crippen molar-refractivity contribution in [1.82, 2.24) is 4.72 Å². The molecule has 0 saturated heterocycles. The van der Waals surface area contributed by atoms with Gasteiger partial charge in [-0.2, -0.15) is 0 Å². The number of nitrogens with one attached hydrogen (secondary N) is 1. The Morgan fingerprint density at radius 1 is 1.40 bits per heavy atom. The first-order chi connectivity index (χ1) is 9.31. The lowest BCUT2D eigenvalue weighted by molar-refractivity contribution is 0.0597. The Balaban J connectivity index is 3.04. The highest BCUT2D eigenvalue weighted by Gasteiger charge is 2.20. The van der Waals surface area contributed by atoms with Gasteiger partial charge in [-0.25, -0.2) is 17.9 Å². The molecule has 7 nitrogen and oxygen atoms in total. The maximum atomic E-state index is 12.0. The first-order valence-electron chi connectivity index (χ1n) is 5.75. The average Bonchev–Trinajstić information content (AvgIpc) is 2.44. The summed E-state index contributed by atoms with van der Waals surface area (Å²) < 4.78 is 35.8. The molecule has 1 aromatic rings. The van der Waals surface area contributed by atoms with Crippen LogP contribution in [0.1, 0.15) is 17.3 Å². The van der Waals surface area contributed by atoms with Crippen LogP contribution in [0.15, 0.2) is 23.1 Å². The quantitative estimate of drug-likeness (QED) is 0.742. The van der Waals surface area contributed by atoms with Gasteiger partial charge in [-0.15, -0.1) is 0 Å². The molecule has 0 aliphatic heterocycles. The van der Waals surface area contributed by atoms with Gasteiger partial charge in [-0.3, -0.25) is 0 Å². The Hall–Kier alpha value is -1.64. The molecule has 1 rings (SSSR count). The number of benzene rings is 1. The van der Waals surface area contributed by atoms with E-state index >= 15 is 0 Å². The second kappa shape index (κ2) is 6.69. The Labute approximate surface area is 117 Å². The van der Waals surface area contributed by atoms with Gasteiger partial charge in [0.25, 0.3) is 0 Å². The molecule has 112 valence electrons. The minimum atomic E-state index is -3.80. The third-order valence-electron chi connectivity index (χ3n) is 2.65. The van der Waals surface area contributed by atoms with Gasteiger partial charge >= 0.3 is 5.97 Å². The Bertz CT molecular complexity index is 584. The summed E-state index contributed by atoms with van der Waals surface area (Å²) in [6.45, 7) is 1.80. The summed E-state index contributed by atoms with van der Waals surface area (Å²) in [5, 5.41) is 9.52. The zero-order valence-electron chi connectivity index (χ0n) is 11.4. The fraction of sp³-hybridized carbons (Fsp3) is 0.417. The zero-order valence-corrected chi connectivity index (χ0v) is 12.2. The number of sulfonamides is 1. The van der Waals surface area contributed by atoms with Crippen LogP contribution in [0.2, 0.25) is 0 Å². The zero-order chi connectivity index (χ0) is 15.3. The molecule has 0 amide bonds. The third-order valence-corrected chi connectivity index (χ3v) is 4.07. The lowest BCUT2D eigenvalue weighted by Gasteiger charge is -2.12. The number of ether oxygens (including phenoxy) is 2. The van der Waals surface area contributed by atoms with Gasteiger partial charge in [0.15, 0.2) is 0 Å². The molecular weight excluding hydrogens is 286 g/mol. The van der Waals surface area contributed by atoms with E-state index in [2.05, 4.69) is 9.46 Å². The highest BCUT2D eigenvalue weighted by molar-refractivity contribution is 7.89. The van der Waals surface area contributed by atoms with Crippen LogP contribution in [0.3, 0.4) is 0 Å². The molecule has 1 aromatic carbocycles. The summed E-state index contributed by atoms with van der Waals surface area (Å²) in [6.07, 6.45) is -0.290. The molecule has 1 unspecified atom stereocenters. The summed E-state index contributed by atoms with van der Waals surface area (Å²) in [7, 11) is -1.19. The Kier molecular flexibility index (Phi) is 5.49. The summed E-state index contributed by atoms with van der Waals surface area (Å²) in [6, 6.07) is 3.38. The smallest absolute Gasteiger partial charge is 0.341 e. The van der Waals surface area contributed by atoms with Crippen LogP contribution >= 0.6 is 0 Å². The monoisotopic (exact) mass is 303 g/mol. The first-order valence-corrected chi connectivity index (χ1v) is 7.24. The van der Waals surface area contributed by atoms with E-state index in [0.717, 1.165) is 19.2 Å². The van der Waals surface area contributed by atoms with Crippen LogP contribution < -0.4 is 4.72 Å². The number of hydrogen-bond donors (Lipinski definition) is 2. The third kappa shape index (κ3) is 3.92. The molecule has 0 saturated carbocycles. The molecule has 1 atom stereocenters. The summed E-state index contributed by atoms with van der Waals surface area (Å²) >= 11 is 0. The number of methoxy groups -OCH3 is 2. The van der Waals surface area contributed by atoms with E-state index in [-0.39, 0.29) is 28.9 Å². The predicted molar refractivity (Wildman–Crippen MR) is 71.1 cm³/mol. The van der Waals surface area contributed by atoms with E-state index in [0.29, 0.717) is 0 Å². The maximum Gasteiger partial charge on any atom is 0.341 e. The molecular formula is C12H17NO6S. The van der Waals surface area contributed by atoms with Gasteiger partial charge in [-0.1, -0.05) is 0 Å². The maximum absolute atomic E-state index is 12.0. The second-order valence-electron chi connectivity index (χ2n) is 4.07. The van der Waals surface area contributed by atoms with E-state index in [9.17, 15) is 18.3 Å². The van der Waals surface area contributed by atoms with Crippen LogP contribution in [0.25, 0.3) is 0 Å². The largest absolute Gasteiger partial charge is 0.507 e. The highest BCUT2D eigenvalue weighted by atomic mass is 32.2. The minimum Gasteiger partial charge on any atom is -0.507 e. The number of phenolic OH excluding ortho intramolecular Hbond substituents is 1.